The number of aliphatic hydroxyl groups is 1. The van der Waals surface area contributed by atoms with Crippen molar-refractivity contribution in [2.24, 2.45) is 0 Å². The van der Waals surface area contributed by atoms with Crippen molar-refractivity contribution < 1.29 is 28.9 Å². The summed E-state index contributed by atoms with van der Waals surface area (Å²) in [5.74, 6) is 0.344. The first-order valence-corrected chi connectivity index (χ1v) is 7.30. The second-order valence-electron chi connectivity index (χ2n) is 5.04. The average molecular weight is 336 g/mol. The summed E-state index contributed by atoms with van der Waals surface area (Å²) in [5.41, 5.74) is 1.37. The number of hydrogen-bond acceptors (Lipinski definition) is 6. The lowest BCUT2D eigenvalue weighted by atomic mass is 9.95. The number of nitrogens with one attached hydrogen (secondary N) is 2. The molecule has 130 valence electrons. The number of allylic oxidation sites excluding steroid dienone is 1. The molecule has 1 aliphatic heterocycles. The summed E-state index contributed by atoms with van der Waals surface area (Å²) in [4.78, 5) is 23.9. The van der Waals surface area contributed by atoms with Crippen LogP contribution in [0.25, 0.3) is 0 Å². The lowest BCUT2D eigenvalue weighted by molar-refractivity contribution is -0.136. The number of carbonyl (C=O) groups is 2. The van der Waals surface area contributed by atoms with Gasteiger partial charge in [0.25, 0.3) is 0 Å². The van der Waals surface area contributed by atoms with E-state index in [-0.39, 0.29) is 13.2 Å². The summed E-state index contributed by atoms with van der Waals surface area (Å²) in [6, 6.07) is 3.94. The molecule has 3 N–H and O–H groups in total. The Morgan fingerprint density at radius 3 is 2.67 bits per heavy atom. The largest absolute Gasteiger partial charge is 0.493 e. The van der Waals surface area contributed by atoms with Gasteiger partial charge in [0.2, 0.25) is 0 Å². The van der Waals surface area contributed by atoms with Gasteiger partial charge in [-0.05, 0) is 24.6 Å². The van der Waals surface area contributed by atoms with Gasteiger partial charge in [0.15, 0.2) is 11.5 Å². The van der Waals surface area contributed by atoms with E-state index in [4.69, 9.17) is 19.3 Å². The maximum atomic E-state index is 12.1. The zero-order valence-electron chi connectivity index (χ0n) is 13.7. The van der Waals surface area contributed by atoms with Crippen molar-refractivity contribution in [3.63, 3.8) is 0 Å². The Morgan fingerprint density at radius 2 is 2.04 bits per heavy atom. The maximum absolute atomic E-state index is 12.1. The number of hydrogen-bond donors (Lipinski definition) is 3. The normalized spacial score (nSPS) is 17.0. The van der Waals surface area contributed by atoms with Crippen LogP contribution in [0, 0.1) is 0 Å². The minimum atomic E-state index is -0.674. The van der Waals surface area contributed by atoms with Crippen LogP contribution in [0.5, 0.6) is 11.5 Å². The number of esters is 1. The molecule has 0 saturated heterocycles. The number of ether oxygens (including phenoxy) is 3. The van der Waals surface area contributed by atoms with Crippen molar-refractivity contribution in [3.05, 3.63) is 35.0 Å². The number of benzene rings is 1. The molecule has 1 atom stereocenters. The first-order chi connectivity index (χ1) is 11.5. The summed E-state index contributed by atoms with van der Waals surface area (Å²) in [6.07, 6.45) is 0. The molecule has 0 spiro atoms. The van der Waals surface area contributed by atoms with Crippen LogP contribution in [0.2, 0.25) is 0 Å². The van der Waals surface area contributed by atoms with Crippen LogP contribution in [-0.2, 0) is 9.53 Å². The van der Waals surface area contributed by atoms with Crippen LogP contribution in [-0.4, -0.2) is 44.5 Å². The minimum absolute atomic E-state index is 0.121. The Morgan fingerprint density at radius 1 is 1.29 bits per heavy atom. The molecular formula is C16H20N2O6. The van der Waals surface area contributed by atoms with Crippen LogP contribution in [0.15, 0.2) is 29.5 Å². The number of aliphatic hydroxyl groups excluding tert-OH is 1. The Hall–Kier alpha value is -2.74. The zero-order chi connectivity index (χ0) is 17.7. The molecule has 2 rings (SSSR count). The van der Waals surface area contributed by atoms with E-state index >= 15 is 0 Å². The maximum Gasteiger partial charge on any atom is 0.337 e. The fourth-order valence-electron chi connectivity index (χ4n) is 2.46. The van der Waals surface area contributed by atoms with E-state index in [1.165, 1.54) is 14.2 Å². The second kappa shape index (κ2) is 7.69. The molecule has 2 amide bonds. The molecule has 1 aromatic carbocycles. The van der Waals surface area contributed by atoms with Crippen LogP contribution in [0.3, 0.4) is 0 Å². The van der Waals surface area contributed by atoms with Crippen LogP contribution in [0.4, 0.5) is 4.79 Å². The quantitative estimate of drug-likeness (QED) is 0.666. The molecule has 8 heteroatoms. The standard InChI is InChI=1S/C16H20N2O6/c1-9-13(15(20)23-3)14(18-16(21)17-9)10-4-5-11(24-7-6-19)12(8-10)22-2/h4-5,8,14,19H,6-7H2,1-3H3,(H2,17,18,21)/t14-/m1/s1. The SMILES string of the molecule is COC(=O)C1=C(C)NC(=O)N[C@@H]1c1ccc(OCCO)c(OC)c1. The van der Waals surface area contributed by atoms with E-state index in [2.05, 4.69) is 10.6 Å². The van der Waals surface area contributed by atoms with E-state index < -0.39 is 18.0 Å². The first kappa shape index (κ1) is 17.6. The molecule has 0 aliphatic carbocycles. The highest BCUT2D eigenvalue weighted by Crippen LogP contribution is 2.34. The van der Waals surface area contributed by atoms with E-state index in [9.17, 15) is 9.59 Å². The molecule has 1 aromatic rings. The lowest BCUT2D eigenvalue weighted by Crippen LogP contribution is -2.45. The van der Waals surface area contributed by atoms with E-state index in [1.54, 1.807) is 25.1 Å². The van der Waals surface area contributed by atoms with Gasteiger partial charge in [-0.1, -0.05) is 6.07 Å². The summed E-state index contributed by atoms with van der Waals surface area (Å²) >= 11 is 0. The highest BCUT2D eigenvalue weighted by molar-refractivity contribution is 5.94. The van der Waals surface area contributed by atoms with Crippen LogP contribution < -0.4 is 20.1 Å². The van der Waals surface area contributed by atoms with Crippen molar-refractivity contribution in [1.82, 2.24) is 10.6 Å². The van der Waals surface area contributed by atoms with Crippen molar-refractivity contribution in [1.29, 1.82) is 0 Å². The summed E-state index contributed by atoms with van der Waals surface area (Å²) in [7, 11) is 2.76. The Kier molecular flexibility index (Phi) is 5.64. The fourth-order valence-corrected chi connectivity index (χ4v) is 2.46. The molecule has 8 nitrogen and oxygen atoms in total. The monoisotopic (exact) mass is 336 g/mol. The molecule has 1 heterocycles. The predicted molar refractivity (Wildman–Crippen MR) is 84.7 cm³/mol. The van der Waals surface area contributed by atoms with Crippen molar-refractivity contribution in [3.8, 4) is 11.5 Å². The van der Waals surface area contributed by atoms with Gasteiger partial charge in [-0.2, -0.15) is 0 Å². The number of rotatable bonds is 6. The van der Waals surface area contributed by atoms with Crippen molar-refractivity contribution in [2.45, 2.75) is 13.0 Å². The Balaban J connectivity index is 2.42. The molecule has 24 heavy (non-hydrogen) atoms. The third kappa shape index (κ3) is 3.60. The number of amides is 2. The summed E-state index contributed by atoms with van der Waals surface area (Å²) in [6.45, 7) is 1.64. The molecule has 0 aromatic heterocycles. The summed E-state index contributed by atoms with van der Waals surface area (Å²) < 4.78 is 15.5. The third-order valence-corrected chi connectivity index (χ3v) is 3.54. The van der Waals surface area contributed by atoms with E-state index in [0.717, 1.165) is 0 Å². The van der Waals surface area contributed by atoms with Crippen LogP contribution in [0.1, 0.15) is 18.5 Å². The van der Waals surface area contributed by atoms with Gasteiger partial charge >= 0.3 is 12.0 Å². The van der Waals surface area contributed by atoms with Gasteiger partial charge in [0.1, 0.15) is 6.61 Å². The molecule has 0 fully saturated rings. The van der Waals surface area contributed by atoms with Gasteiger partial charge in [-0.15, -0.1) is 0 Å². The first-order valence-electron chi connectivity index (χ1n) is 7.30. The number of carbonyl (C=O) groups excluding carboxylic acids is 2. The van der Waals surface area contributed by atoms with Crippen molar-refractivity contribution in [2.75, 3.05) is 27.4 Å². The average Bonchev–Trinajstić information content (AvgIpc) is 2.58. The van der Waals surface area contributed by atoms with E-state index in [1.807, 2.05) is 0 Å². The Labute approximate surface area is 139 Å². The molecule has 0 unspecified atom stereocenters. The van der Waals surface area contributed by atoms with E-state index in [0.29, 0.717) is 28.3 Å². The van der Waals surface area contributed by atoms with Gasteiger partial charge in [-0.25, -0.2) is 9.59 Å². The Bertz CT molecular complexity index is 671. The molecule has 0 bridgehead atoms. The fraction of sp³-hybridized carbons (Fsp3) is 0.375. The van der Waals surface area contributed by atoms with Gasteiger partial charge in [-0.3, -0.25) is 0 Å². The zero-order valence-corrected chi connectivity index (χ0v) is 13.7. The molecule has 1 aliphatic rings. The highest BCUT2D eigenvalue weighted by Gasteiger charge is 2.32. The van der Waals surface area contributed by atoms with Gasteiger partial charge in [0.05, 0.1) is 32.4 Å². The smallest absolute Gasteiger partial charge is 0.337 e. The van der Waals surface area contributed by atoms with Crippen molar-refractivity contribution >= 4 is 12.0 Å². The lowest BCUT2D eigenvalue weighted by Gasteiger charge is -2.28. The molecule has 0 radical (unpaired) electrons. The topological polar surface area (TPSA) is 106 Å². The molecular weight excluding hydrogens is 316 g/mol. The highest BCUT2D eigenvalue weighted by atomic mass is 16.5. The second-order valence-corrected chi connectivity index (χ2v) is 5.04. The number of methoxy groups -OCH3 is 2. The van der Waals surface area contributed by atoms with Gasteiger partial charge in [0, 0.05) is 5.70 Å². The minimum Gasteiger partial charge on any atom is -0.493 e. The summed E-state index contributed by atoms with van der Waals surface area (Å²) in [5, 5.41) is 14.1. The van der Waals surface area contributed by atoms with Gasteiger partial charge < -0.3 is 30.0 Å². The predicted octanol–water partition coefficient (Wildman–Crippen LogP) is 0.867. The third-order valence-electron chi connectivity index (χ3n) is 3.54. The number of urea groups is 1. The molecule has 0 saturated carbocycles. The van der Waals surface area contributed by atoms with Crippen LogP contribution >= 0.6 is 0 Å².